The molecule has 3 rings (SSSR count). The maximum absolute atomic E-state index is 10.5. The van der Waals surface area contributed by atoms with Gasteiger partial charge in [-0.15, -0.1) is 0 Å². The molecule has 0 aliphatic rings. The first-order valence-corrected chi connectivity index (χ1v) is 6.03. The van der Waals surface area contributed by atoms with Gasteiger partial charge in [0.15, 0.2) is 0 Å². The number of carbonyl (C=O) groups excluding carboxylic acids is 1. The van der Waals surface area contributed by atoms with Crippen molar-refractivity contribution < 1.29 is 4.79 Å². The third-order valence-electron chi connectivity index (χ3n) is 3.30. The van der Waals surface area contributed by atoms with Gasteiger partial charge in [-0.2, -0.15) is 4.99 Å². The third-order valence-corrected chi connectivity index (χ3v) is 3.30. The Hall–Kier alpha value is -2.64. The summed E-state index contributed by atoms with van der Waals surface area (Å²) in [6.45, 7) is 0. The van der Waals surface area contributed by atoms with Gasteiger partial charge in [0.25, 0.3) is 0 Å². The molecule has 0 saturated heterocycles. The van der Waals surface area contributed by atoms with Crippen LogP contribution in [-0.2, 0) is 11.8 Å². The number of para-hydroxylation sites is 2. The Balaban J connectivity index is 2.30. The highest BCUT2D eigenvalue weighted by molar-refractivity contribution is 5.89. The van der Waals surface area contributed by atoms with Gasteiger partial charge < -0.3 is 4.57 Å². The van der Waals surface area contributed by atoms with Crippen LogP contribution in [0.2, 0.25) is 0 Å². The Kier molecular flexibility index (Phi) is 2.75. The number of hydrogen-bond donors (Lipinski definition) is 0. The lowest BCUT2D eigenvalue weighted by molar-refractivity contribution is 0.565. The number of aliphatic imine (C=N–C) groups is 1. The molecule has 0 unspecified atom stereocenters. The summed E-state index contributed by atoms with van der Waals surface area (Å²) in [7, 11) is 2.01. The quantitative estimate of drug-likeness (QED) is 0.501. The molecule has 0 bridgehead atoms. The average molecular weight is 248 g/mol. The number of hydrogen-bond acceptors (Lipinski definition) is 2. The second kappa shape index (κ2) is 4.56. The van der Waals surface area contributed by atoms with Crippen LogP contribution < -0.4 is 0 Å². The van der Waals surface area contributed by atoms with Gasteiger partial charge in [0.2, 0.25) is 6.08 Å². The standard InChI is InChI=1S/C16H12N2O/c1-18-15-9-5-2-6-12(15)10-16(18)13-7-3-4-8-14(13)17-11-19/h2-10H,1H3. The van der Waals surface area contributed by atoms with E-state index in [0.29, 0.717) is 5.69 Å². The number of aromatic nitrogens is 1. The lowest BCUT2D eigenvalue weighted by Crippen LogP contribution is -1.91. The van der Waals surface area contributed by atoms with E-state index in [0.717, 1.165) is 16.8 Å². The lowest BCUT2D eigenvalue weighted by Gasteiger charge is -2.06. The van der Waals surface area contributed by atoms with E-state index in [1.165, 1.54) is 5.39 Å². The average Bonchev–Trinajstić information content (AvgIpc) is 2.78. The van der Waals surface area contributed by atoms with Gasteiger partial charge in [-0.05, 0) is 18.2 Å². The molecule has 0 amide bonds. The molecule has 92 valence electrons. The van der Waals surface area contributed by atoms with E-state index in [1.54, 1.807) is 6.08 Å². The predicted octanol–water partition coefficient (Wildman–Crippen LogP) is 3.81. The molecule has 0 N–H and O–H groups in total. The lowest BCUT2D eigenvalue weighted by atomic mass is 10.1. The highest BCUT2D eigenvalue weighted by atomic mass is 16.1. The summed E-state index contributed by atoms with van der Waals surface area (Å²) < 4.78 is 2.11. The SMILES string of the molecule is Cn1c(-c2ccccc2N=C=O)cc2ccccc21. The number of aryl methyl sites for hydroxylation is 1. The Morgan fingerprint density at radius 2 is 1.79 bits per heavy atom. The normalized spacial score (nSPS) is 10.4. The van der Waals surface area contributed by atoms with E-state index >= 15 is 0 Å². The molecule has 0 atom stereocenters. The molecule has 0 radical (unpaired) electrons. The molecule has 0 saturated carbocycles. The molecular formula is C16H12N2O. The largest absolute Gasteiger partial charge is 0.344 e. The number of fused-ring (bicyclic) bond motifs is 1. The predicted molar refractivity (Wildman–Crippen MR) is 76.1 cm³/mol. The topological polar surface area (TPSA) is 34.4 Å². The zero-order valence-corrected chi connectivity index (χ0v) is 10.5. The first-order chi connectivity index (χ1) is 9.31. The van der Waals surface area contributed by atoms with Crippen LogP contribution in [-0.4, -0.2) is 10.6 Å². The fourth-order valence-corrected chi connectivity index (χ4v) is 2.38. The maximum Gasteiger partial charge on any atom is 0.240 e. The molecular weight excluding hydrogens is 236 g/mol. The summed E-state index contributed by atoms with van der Waals surface area (Å²) in [5.41, 5.74) is 3.77. The Morgan fingerprint density at radius 1 is 1.05 bits per heavy atom. The van der Waals surface area contributed by atoms with Crippen LogP contribution in [0.25, 0.3) is 22.2 Å². The van der Waals surface area contributed by atoms with Crippen molar-refractivity contribution in [2.75, 3.05) is 0 Å². The van der Waals surface area contributed by atoms with Crippen LogP contribution in [0.3, 0.4) is 0 Å². The third kappa shape index (κ3) is 1.86. The first-order valence-electron chi connectivity index (χ1n) is 6.03. The second-order valence-electron chi connectivity index (χ2n) is 4.37. The van der Waals surface area contributed by atoms with Gasteiger partial charge in [-0.25, -0.2) is 4.79 Å². The summed E-state index contributed by atoms with van der Waals surface area (Å²) in [4.78, 5) is 14.3. The minimum Gasteiger partial charge on any atom is -0.344 e. The Labute approximate surface area is 110 Å². The second-order valence-corrected chi connectivity index (χ2v) is 4.37. The van der Waals surface area contributed by atoms with E-state index < -0.39 is 0 Å². The number of benzene rings is 2. The van der Waals surface area contributed by atoms with Crippen molar-refractivity contribution in [2.45, 2.75) is 0 Å². The minimum atomic E-state index is 0.642. The van der Waals surface area contributed by atoms with Gasteiger partial charge in [0.05, 0.1) is 11.4 Å². The zero-order chi connectivity index (χ0) is 13.2. The van der Waals surface area contributed by atoms with Gasteiger partial charge in [-0.3, -0.25) is 0 Å². The summed E-state index contributed by atoms with van der Waals surface area (Å²) in [5.74, 6) is 0. The van der Waals surface area contributed by atoms with Crippen LogP contribution in [0, 0.1) is 0 Å². The number of rotatable bonds is 2. The van der Waals surface area contributed by atoms with E-state index in [4.69, 9.17) is 0 Å². The highest BCUT2D eigenvalue weighted by Crippen LogP contribution is 2.33. The molecule has 19 heavy (non-hydrogen) atoms. The van der Waals surface area contributed by atoms with E-state index in [9.17, 15) is 4.79 Å². The van der Waals surface area contributed by atoms with Crippen LogP contribution in [0.1, 0.15) is 0 Å². The maximum atomic E-state index is 10.5. The van der Waals surface area contributed by atoms with Gasteiger partial charge in [0, 0.05) is 23.5 Å². The number of isocyanates is 1. The van der Waals surface area contributed by atoms with Crippen LogP contribution in [0.15, 0.2) is 59.6 Å². The smallest absolute Gasteiger partial charge is 0.240 e. The Morgan fingerprint density at radius 3 is 2.58 bits per heavy atom. The molecule has 3 heteroatoms. The molecule has 0 fully saturated rings. The van der Waals surface area contributed by atoms with Crippen molar-refractivity contribution in [1.82, 2.24) is 4.57 Å². The fourth-order valence-electron chi connectivity index (χ4n) is 2.38. The molecule has 0 spiro atoms. The molecule has 0 aliphatic carbocycles. The molecule has 1 heterocycles. The van der Waals surface area contributed by atoms with Crippen molar-refractivity contribution >= 4 is 22.7 Å². The van der Waals surface area contributed by atoms with Crippen molar-refractivity contribution in [3.63, 3.8) is 0 Å². The molecule has 3 nitrogen and oxygen atoms in total. The van der Waals surface area contributed by atoms with Crippen molar-refractivity contribution in [3.05, 3.63) is 54.6 Å². The molecule has 1 aromatic heterocycles. The summed E-state index contributed by atoms with van der Waals surface area (Å²) in [6.07, 6.45) is 1.61. The summed E-state index contributed by atoms with van der Waals surface area (Å²) in [5, 5.41) is 1.17. The summed E-state index contributed by atoms with van der Waals surface area (Å²) in [6, 6.07) is 17.9. The van der Waals surface area contributed by atoms with Gasteiger partial charge in [-0.1, -0.05) is 36.4 Å². The van der Waals surface area contributed by atoms with Crippen LogP contribution in [0.5, 0.6) is 0 Å². The van der Waals surface area contributed by atoms with Crippen molar-refractivity contribution in [3.8, 4) is 11.3 Å². The number of nitrogens with zero attached hydrogens (tertiary/aromatic N) is 2. The van der Waals surface area contributed by atoms with E-state index in [2.05, 4.69) is 27.8 Å². The summed E-state index contributed by atoms with van der Waals surface area (Å²) >= 11 is 0. The zero-order valence-electron chi connectivity index (χ0n) is 10.5. The highest BCUT2D eigenvalue weighted by Gasteiger charge is 2.10. The fraction of sp³-hybridized carbons (Fsp3) is 0.0625. The van der Waals surface area contributed by atoms with Crippen molar-refractivity contribution in [2.24, 2.45) is 12.0 Å². The van der Waals surface area contributed by atoms with Crippen LogP contribution >= 0.6 is 0 Å². The van der Waals surface area contributed by atoms with Crippen LogP contribution in [0.4, 0.5) is 5.69 Å². The molecule has 0 aliphatic heterocycles. The minimum absolute atomic E-state index is 0.642. The molecule has 2 aromatic carbocycles. The van der Waals surface area contributed by atoms with Gasteiger partial charge >= 0.3 is 0 Å². The first kappa shape index (κ1) is 11.5. The molecule has 3 aromatic rings. The van der Waals surface area contributed by atoms with Crippen molar-refractivity contribution in [1.29, 1.82) is 0 Å². The Bertz CT molecular complexity index is 795. The van der Waals surface area contributed by atoms with E-state index in [-0.39, 0.29) is 0 Å². The van der Waals surface area contributed by atoms with Gasteiger partial charge in [0.1, 0.15) is 0 Å². The monoisotopic (exact) mass is 248 g/mol. The van der Waals surface area contributed by atoms with E-state index in [1.807, 2.05) is 43.4 Å².